The highest BCUT2D eigenvalue weighted by Gasteiger charge is 2.37. The SMILES string of the molecule is Cc1ccc([C@H](Nc2c(Nc3ccc(Cl)c4c3C(=O)N(c3c(F)cccc3CO)C4)c(=O)c2=O)C(C)(C)C)o1. The number of aryl methyl sites for hydroxylation is 1. The number of fused-ring (bicyclic) bond motifs is 1. The van der Waals surface area contributed by atoms with Crippen molar-refractivity contribution in [3.63, 3.8) is 0 Å². The molecule has 2 heterocycles. The van der Waals surface area contributed by atoms with Crippen molar-refractivity contribution >= 4 is 40.3 Å². The Morgan fingerprint density at radius 3 is 2.44 bits per heavy atom. The Morgan fingerprint density at radius 2 is 1.79 bits per heavy atom. The lowest BCUT2D eigenvalue weighted by Crippen LogP contribution is -2.39. The van der Waals surface area contributed by atoms with Crippen molar-refractivity contribution in [2.75, 3.05) is 15.5 Å². The molecule has 3 N–H and O–H groups in total. The zero-order valence-corrected chi connectivity index (χ0v) is 22.6. The van der Waals surface area contributed by atoms with Gasteiger partial charge in [-0.2, -0.15) is 0 Å². The number of benzene rings is 2. The van der Waals surface area contributed by atoms with Crippen molar-refractivity contribution in [3.05, 3.63) is 102 Å². The van der Waals surface area contributed by atoms with E-state index in [1.165, 1.54) is 29.2 Å². The predicted octanol–water partition coefficient (Wildman–Crippen LogP) is 5.57. The van der Waals surface area contributed by atoms with Gasteiger partial charge in [-0.15, -0.1) is 0 Å². The van der Waals surface area contributed by atoms with Crippen LogP contribution in [0.5, 0.6) is 0 Å². The van der Waals surface area contributed by atoms with Gasteiger partial charge in [-0.1, -0.05) is 44.5 Å². The van der Waals surface area contributed by atoms with Gasteiger partial charge in [0, 0.05) is 16.1 Å². The monoisotopic (exact) mass is 551 g/mol. The average Bonchev–Trinajstić information content (AvgIpc) is 3.47. The quantitative estimate of drug-likeness (QED) is 0.257. The fourth-order valence-corrected chi connectivity index (χ4v) is 5.13. The van der Waals surface area contributed by atoms with Gasteiger partial charge < -0.3 is 25.1 Å². The number of nitrogens with zero attached hydrogens (tertiary/aromatic N) is 1. The molecule has 202 valence electrons. The van der Waals surface area contributed by atoms with Crippen molar-refractivity contribution in [3.8, 4) is 0 Å². The number of aliphatic hydroxyl groups is 1. The minimum Gasteiger partial charge on any atom is -0.464 e. The maximum Gasteiger partial charge on any atom is 0.261 e. The molecule has 3 aromatic carbocycles. The first-order valence-corrected chi connectivity index (χ1v) is 12.7. The van der Waals surface area contributed by atoms with Crippen LogP contribution < -0.4 is 26.4 Å². The highest BCUT2D eigenvalue weighted by atomic mass is 35.5. The Kier molecular flexibility index (Phi) is 6.60. The molecule has 0 bridgehead atoms. The molecule has 0 spiro atoms. The average molecular weight is 552 g/mol. The van der Waals surface area contributed by atoms with Crippen molar-refractivity contribution < 1.29 is 18.7 Å². The number of nitrogens with one attached hydrogen (secondary N) is 2. The summed E-state index contributed by atoms with van der Waals surface area (Å²) in [6, 6.07) is 10.5. The Labute approximate surface area is 228 Å². The minimum absolute atomic E-state index is 0.00948. The van der Waals surface area contributed by atoms with Crippen LogP contribution in [0.15, 0.2) is 56.5 Å². The fraction of sp³-hybridized carbons (Fsp3) is 0.276. The van der Waals surface area contributed by atoms with Gasteiger partial charge in [0.1, 0.15) is 28.7 Å². The molecule has 1 aliphatic rings. The second kappa shape index (κ2) is 9.66. The van der Waals surface area contributed by atoms with E-state index in [0.717, 1.165) is 0 Å². The summed E-state index contributed by atoms with van der Waals surface area (Å²) < 4.78 is 20.6. The van der Waals surface area contributed by atoms with Crippen LogP contribution in [0.25, 0.3) is 0 Å². The van der Waals surface area contributed by atoms with E-state index < -0.39 is 35.2 Å². The van der Waals surface area contributed by atoms with Crippen LogP contribution >= 0.6 is 11.6 Å². The number of furan rings is 1. The van der Waals surface area contributed by atoms with E-state index >= 15 is 0 Å². The molecule has 10 heteroatoms. The van der Waals surface area contributed by atoms with Crippen LogP contribution in [-0.2, 0) is 13.2 Å². The number of anilines is 4. The van der Waals surface area contributed by atoms with Gasteiger partial charge in [-0.3, -0.25) is 14.4 Å². The third kappa shape index (κ3) is 4.51. The van der Waals surface area contributed by atoms with E-state index in [9.17, 15) is 23.9 Å². The number of rotatable bonds is 7. The standard InChI is InChI=1S/C29H27ClFN3O5/c1-14-8-11-20(39-14)27(29(2,3)4)33-23-22(25(36)26(23)37)32-19-10-9-17(30)16-12-34(28(38)21(16)19)24-15(13-35)6-5-7-18(24)31/h5-11,27,32-33,35H,12-13H2,1-4H3/t27-/m0/s1. The molecule has 0 saturated heterocycles. The number of carbonyl (C=O) groups excluding carboxylic acids is 1. The Hall–Kier alpha value is -3.95. The van der Waals surface area contributed by atoms with E-state index in [0.29, 0.717) is 17.1 Å². The van der Waals surface area contributed by atoms with Crippen LogP contribution in [-0.4, -0.2) is 11.0 Å². The lowest BCUT2D eigenvalue weighted by Gasteiger charge is -2.31. The summed E-state index contributed by atoms with van der Waals surface area (Å²) in [4.78, 5) is 40.1. The third-order valence-corrected chi connectivity index (χ3v) is 7.27. The molecule has 0 radical (unpaired) electrons. The summed E-state index contributed by atoms with van der Waals surface area (Å²) in [6.45, 7) is 7.25. The molecule has 0 aliphatic carbocycles. The number of para-hydroxylation sites is 1. The van der Waals surface area contributed by atoms with Gasteiger partial charge in [-0.25, -0.2) is 4.39 Å². The highest BCUT2D eigenvalue weighted by Crippen LogP contribution is 2.41. The van der Waals surface area contributed by atoms with Crippen LogP contribution in [0, 0.1) is 18.2 Å². The van der Waals surface area contributed by atoms with Crippen LogP contribution in [0.4, 0.5) is 27.1 Å². The van der Waals surface area contributed by atoms with Crippen LogP contribution in [0.2, 0.25) is 5.02 Å². The first kappa shape index (κ1) is 26.6. The van der Waals surface area contributed by atoms with Crippen LogP contribution in [0.1, 0.15) is 59.8 Å². The predicted molar refractivity (Wildman–Crippen MR) is 148 cm³/mol. The lowest BCUT2D eigenvalue weighted by molar-refractivity contribution is 0.0996. The molecule has 1 aromatic heterocycles. The number of hydrogen-bond acceptors (Lipinski definition) is 7. The van der Waals surface area contributed by atoms with E-state index in [-0.39, 0.29) is 50.9 Å². The molecule has 4 aromatic rings. The second-order valence-electron chi connectivity index (χ2n) is 10.7. The summed E-state index contributed by atoms with van der Waals surface area (Å²) in [7, 11) is 0. The van der Waals surface area contributed by atoms with Crippen molar-refractivity contribution in [1.29, 1.82) is 0 Å². The van der Waals surface area contributed by atoms with E-state index in [2.05, 4.69) is 10.6 Å². The molecule has 39 heavy (non-hydrogen) atoms. The maximum atomic E-state index is 14.8. The smallest absolute Gasteiger partial charge is 0.261 e. The molecule has 0 fully saturated rings. The summed E-state index contributed by atoms with van der Waals surface area (Å²) in [6.07, 6.45) is 0. The molecule has 1 amide bonds. The normalized spacial score (nSPS) is 14.1. The number of hydrogen-bond donors (Lipinski definition) is 3. The minimum atomic E-state index is -0.733. The molecule has 1 atom stereocenters. The maximum absolute atomic E-state index is 14.8. The second-order valence-corrected chi connectivity index (χ2v) is 11.1. The zero-order valence-electron chi connectivity index (χ0n) is 21.8. The largest absolute Gasteiger partial charge is 0.464 e. The molecule has 8 nitrogen and oxygen atoms in total. The molecule has 1 aliphatic heterocycles. The first-order chi connectivity index (χ1) is 18.4. The van der Waals surface area contributed by atoms with Crippen LogP contribution in [0.3, 0.4) is 0 Å². The summed E-state index contributed by atoms with van der Waals surface area (Å²) in [5.41, 5.74) is -0.668. The third-order valence-electron chi connectivity index (χ3n) is 6.91. The number of carbonyl (C=O) groups is 1. The lowest BCUT2D eigenvalue weighted by atomic mass is 9.85. The van der Waals surface area contributed by atoms with Gasteiger partial charge >= 0.3 is 0 Å². The van der Waals surface area contributed by atoms with Gasteiger partial charge in [0.25, 0.3) is 16.8 Å². The topological polar surface area (TPSA) is 112 Å². The Bertz CT molecular complexity index is 1680. The van der Waals surface area contributed by atoms with E-state index in [1.54, 1.807) is 6.07 Å². The van der Waals surface area contributed by atoms with Crippen molar-refractivity contribution in [2.24, 2.45) is 5.41 Å². The number of aliphatic hydroxyl groups excluding tert-OH is 1. The molecular weight excluding hydrogens is 525 g/mol. The highest BCUT2D eigenvalue weighted by molar-refractivity contribution is 6.33. The fourth-order valence-electron chi connectivity index (χ4n) is 4.91. The Morgan fingerprint density at radius 1 is 1.08 bits per heavy atom. The van der Waals surface area contributed by atoms with E-state index in [4.69, 9.17) is 16.0 Å². The number of amides is 1. The van der Waals surface area contributed by atoms with Gasteiger partial charge in [0.15, 0.2) is 0 Å². The molecule has 0 unspecified atom stereocenters. The summed E-state index contributed by atoms with van der Waals surface area (Å²) in [5.74, 6) is 0.107. The van der Waals surface area contributed by atoms with Gasteiger partial charge in [-0.05, 0) is 42.7 Å². The molecule has 0 saturated carbocycles. The van der Waals surface area contributed by atoms with Crippen molar-refractivity contribution in [1.82, 2.24) is 0 Å². The zero-order chi connectivity index (χ0) is 28.2. The Balaban J connectivity index is 1.52. The van der Waals surface area contributed by atoms with Gasteiger partial charge in [0.2, 0.25) is 0 Å². The summed E-state index contributed by atoms with van der Waals surface area (Å²) in [5, 5.41) is 16.2. The first-order valence-electron chi connectivity index (χ1n) is 12.4. The molecule has 5 rings (SSSR count). The molecular formula is C29H27ClFN3O5. The van der Waals surface area contributed by atoms with E-state index in [1.807, 2.05) is 39.8 Å². The van der Waals surface area contributed by atoms with Crippen molar-refractivity contribution in [2.45, 2.75) is 46.9 Å². The summed E-state index contributed by atoms with van der Waals surface area (Å²) >= 11 is 6.42. The number of halogens is 2. The van der Waals surface area contributed by atoms with Gasteiger partial charge in [0.05, 0.1) is 36.1 Å².